The molecule has 0 saturated carbocycles. The molecular formula is C6H9ClF3NO2. The molecule has 0 aliphatic carbocycles. The second kappa shape index (κ2) is 5.29. The molecule has 7 heteroatoms. The zero-order valence-corrected chi connectivity index (χ0v) is 7.58. The Balaban J connectivity index is 3.60. The highest BCUT2D eigenvalue weighted by Crippen LogP contribution is 2.13. The van der Waals surface area contributed by atoms with E-state index in [9.17, 15) is 18.0 Å². The normalized spacial score (nSPS) is 13.9. The molecule has 0 aromatic rings. The smallest absolute Gasteiger partial charge is 0.272 e. The lowest BCUT2D eigenvalue weighted by Gasteiger charge is -2.10. The molecule has 1 N–H and O–H groups in total. The molecule has 0 spiro atoms. The van der Waals surface area contributed by atoms with Crippen LogP contribution in [-0.4, -0.2) is 24.6 Å². The standard InChI is InChI=1S/C6H9ClF3NO2/c1-4(2-7)5(12)11-13-3-6(8,9)10/h4H,2-3H2,1H3,(H,11,12). The molecule has 0 aromatic carbocycles. The number of carbonyl (C=O) groups is 1. The van der Waals surface area contributed by atoms with Gasteiger partial charge in [0.05, 0.1) is 5.92 Å². The Bertz CT molecular complexity index is 174. The first-order valence-corrected chi connectivity index (χ1v) is 3.94. The van der Waals surface area contributed by atoms with Crippen molar-refractivity contribution in [2.45, 2.75) is 13.1 Å². The highest BCUT2D eigenvalue weighted by atomic mass is 35.5. The molecule has 0 heterocycles. The highest BCUT2D eigenvalue weighted by molar-refractivity contribution is 6.19. The summed E-state index contributed by atoms with van der Waals surface area (Å²) in [5.41, 5.74) is 1.65. The van der Waals surface area contributed by atoms with Crippen LogP contribution in [0, 0.1) is 5.92 Å². The van der Waals surface area contributed by atoms with E-state index in [1.54, 1.807) is 5.48 Å². The molecule has 0 aliphatic heterocycles. The van der Waals surface area contributed by atoms with Crippen LogP contribution in [0.4, 0.5) is 13.2 Å². The number of nitrogens with one attached hydrogen (secondary N) is 1. The summed E-state index contributed by atoms with van der Waals surface area (Å²) in [5, 5.41) is 0. The number of amides is 1. The molecule has 1 atom stereocenters. The van der Waals surface area contributed by atoms with Crippen LogP contribution in [0.3, 0.4) is 0 Å². The Morgan fingerprint density at radius 2 is 2.15 bits per heavy atom. The molecule has 0 saturated heterocycles. The Morgan fingerprint density at radius 1 is 1.62 bits per heavy atom. The Labute approximate surface area is 78.1 Å². The van der Waals surface area contributed by atoms with Crippen LogP contribution in [0.15, 0.2) is 0 Å². The number of rotatable bonds is 4. The first-order valence-electron chi connectivity index (χ1n) is 3.41. The van der Waals surface area contributed by atoms with Crippen molar-refractivity contribution in [2.75, 3.05) is 12.5 Å². The van der Waals surface area contributed by atoms with E-state index >= 15 is 0 Å². The Morgan fingerprint density at radius 3 is 2.54 bits per heavy atom. The number of alkyl halides is 4. The van der Waals surface area contributed by atoms with E-state index in [1.807, 2.05) is 0 Å². The minimum Gasteiger partial charge on any atom is -0.272 e. The SMILES string of the molecule is CC(CCl)C(=O)NOCC(F)(F)F. The Hall–Kier alpha value is -0.490. The van der Waals surface area contributed by atoms with Crippen molar-refractivity contribution in [1.82, 2.24) is 5.48 Å². The maximum Gasteiger partial charge on any atom is 0.414 e. The quantitative estimate of drug-likeness (QED) is 0.574. The topological polar surface area (TPSA) is 38.3 Å². The van der Waals surface area contributed by atoms with Gasteiger partial charge in [0.2, 0.25) is 5.91 Å². The summed E-state index contributed by atoms with van der Waals surface area (Å²) >= 11 is 5.28. The average Bonchev–Trinajstić information content (AvgIpc) is 2.00. The van der Waals surface area contributed by atoms with Gasteiger partial charge in [-0.1, -0.05) is 6.92 Å². The maximum absolute atomic E-state index is 11.5. The lowest BCUT2D eigenvalue weighted by molar-refractivity contribution is -0.192. The second-order valence-electron chi connectivity index (χ2n) is 2.43. The summed E-state index contributed by atoms with van der Waals surface area (Å²) in [5.74, 6) is -1.21. The summed E-state index contributed by atoms with van der Waals surface area (Å²) in [6.45, 7) is -0.0347. The van der Waals surface area contributed by atoms with Gasteiger partial charge >= 0.3 is 6.18 Å². The fourth-order valence-electron chi connectivity index (χ4n) is 0.360. The molecule has 0 rings (SSSR count). The van der Waals surface area contributed by atoms with Crippen molar-refractivity contribution in [1.29, 1.82) is 0 Å². The lowest BCUT2D eigenvalue weighted by atomic mass is 10.2. The first kappa shape index (κ1) is 12.5. The zero-order chi connectivity index (χ0) is 10.5. The number of hydrogen-bond acceptors (Lipinski definition) is 2. The summed E-state index contributed by atoms with van der Waals surface area (Å²) in [4.78, 5) is 14.7. The third-order valence-corrected chi connectivity index (χ3v) is 1.55. The maximum atomic E-state index is 11.5. The van der Waals surface area contributed by atoms with E-state index in [4.69, 9.17) is 11.6 Å². The molecular weight excluding hydrogens is 211 g/mol. The van der Waals surface area contributed by atoms with Crippen molar-refractivity contribution in [3.63, 3.8) is 0 Å². The van der Waals surface area contributed by atoms with E-state index in [0.717, 1.165) is 0 Å². The molecule has 13 heavy (non-hydrogen) atoms. The third-order valence-electron chi connectivity index (χ3n) is 1.09. The first-order chi connectivity index (χ1) is 5.87. The van der Waals surface area contributed by atoms with Crippen molar-refractivity contribution in [2.24, 2.45) is 5.92 Å². The third kappa shape index (κ3) is 6.65. The predicted molar refractivity (Wildman–Crippen MR) is 40.0 cm³/mol. The van der Waals surface area contributed by atoms with E-state index in [2.05, 4.69) is 4.84 Å². The van der Waals surface area contributed by atoms with E-state index in [1.165, 1.54) is 6.92 Å². The number of hydroxylamine groups is 1. The number of carbonyl (C=O) groups excluding carboxylic acids is 1. The minimum absolute atomic E-state index is 0.0290. The lowest BCUT2D eigenvalue weighted by Crippen LogP contribution is -2.33. The zero-order valence-electron chi connectivity index (χ0n) is 6.82. The molecule has 0 fully saturated rings. The van der Waals surface area contributed by atoms with Crippen molar-refractivity contribution >= 4 is 17.5 Å². The van der Waals surface area contributed by atoms with Crippen molar-refractivity contribution < 1.29 is 22.8 Å². The van der Waals surface area contributed by atoms with Crippen LogP contribution in [-0.2, 0) is 9.63 Å². The molecule has 0 aromatic heterocycles. The van der Waals surface area contributed by atoms with Gasteiger partial charge in [0.25, 0.3) is 0 Å². The van der Waals surface area contributed by atoms with Gasteiger partial charge in [-0.15, -0.1) is 11.6 Å². The summed E-state index contributed by atoms with van der Waals surface area (Å²) in [6.07, 6.45) is -4.45. The summed E-state index contributed by atoms with van der Waals surface area (Å²) in [6, 6.07) is 0. The molecule has 3 nitrogen and oxygen atoms in total. The largest absolute Gasteiger partial charge is 0.414 e. The van der Waals surface area contributed by atoms with Crippen molar-refractivity contribution in [3.05, 3.63) is 0 Å². The highest BCUT2D eigenvalue weighted by Gasteiger charge is 2.28. The monoisotopic (exact) mass is 219 g/mol. The summed E-state index contributed by atoms with van der Waals surface area (Å²) in [7, 11) is 0. The molecule has 0 radical (unpaired) electrons. The molecule has 78 valence electrons. The van der Waals surface area contributed by atoms with Gasteiger partial charge in [0.15, 0.2) is 6.61 Å². The van der Waals surface area contributed by atoms with Crippen LogP contribution in [0.25, 0.3) is 0 Å². The molecule has 0 aliphatic rings. The van der Waals surface area contributed by atoms with E-state index < -0.39 is 24.6 Å². The van der Waals surface area contributed by atoms with E-state index in [-0.39, 0.29) is 5.88 Å². The minimum atomic E-state index is -4.45. The number of halogens is 4. The average molecular weight is 220 g/mol. The van der Waals surface area contributed by atoms with E-state index in [0.29, 0.717) is 0 Å². The predicted octanol–water partition coefficient (Wildman–Crippen LogP) is 1.47. The fraction of sp³-hybridized carbons (Fsp3) is 0.833. The van der Waals surface area contributed by atoms with Gasteiger partial charge in [0, 0.05) is 5.88 Å². The van der Waals surface area contributed by atoms with Crippen molar-refractivity contribution in [3.8, 4) is 0 Å². The van der Waals surface area contributed by atoms with Crippen LogP contribution < -0.4 is 5.48 Å². The van der Waals surface area contributed by atoms with Crippen LogP contribution in [0.2, 0.25) is 0 Å². The molecule has 1 unspecified atom stereocenters. The summed E-state index contributed by atoms with van der Waals surface area (Å²) < 4.78 is 34.5. The van der Waals surface area contributed by atoms with Crippen LogP contribution >= 0.6 is 11.6 Å². The van der Waals surface area contributed by atoms with Gasteiger partial charge in [-0.25, -0.2) is 5.48 Å². The van der Waals surface area contributed by atoms with Gasteiger partial charge in [0.1, 0.15) is 0 Å². The molecule has 0 bridgehead atoms. The van der Waals surface area contributed by atoms with Gasteiger partial charge in [-0.3, -0.25) is 9.63 Å². The molecule has 1 amide bonds. The Kier molecular flexibility index (Phi) is 5.09. The van der Waals surface area contributed by atoms with Gasteiger partial charge in [-0.05, 0) is 0 Å². The van der Waals surface area contributed by atoms with Gasteiger partial charge in [-0.2, -0.15) is 13.2 Å². The fourth-order valence-corrected chi connectivity index (χ4v) is 0.500. The van der Waals surface area contributed by atoms with Crippen LogP contribution in [0.1, 0.15) is 6.92 Å². The van der Waals surface area contributed by atoms with Gasteiger partial charge < -0.3 is 0 Å². The second-order valence-corrected chi connectivity index (χ2v) is 2.73. The number of hydrogen-bond donors (Lipinski definition) is 1. The van der Waals surface area contributed by atoms with Crippen LogP contribution in [0.5, 0.6) is 0 Å².